The molecular weight excluding hydrogens is 146 g/mol. The van der Waals surface area contributed by atoms with Crippen LogP contribution in [0.1, 0.15) is 20.8 Å². The minimum Gasteiger partial charge on any atom is -0.464 e. The van der Waals surface area contributed by atoms with E-state index in [0.29, 0.717) is 0 Å². The summed E-state index contributed by atoms with van der Waals surface area (Å²) in [5, 5.41) is 2.68. The van der Waals surface area contributed by atoms with Gasteiger partial charge in [0.05, 0.1) is 6.61 Å². The molecule has 0 N–H and O–H groups in total. The average molecular weight is 159 g/mol. The molecule has 0 aromatic carbocycles. The van der Waals surface area contributed by atoms with E-state index in [0.717, 1.165) is 0 Å². The minimum absolute atomic E-state index is 0.0912. The highest BCUT2D eigenvalue weighted by molar-refractivity contribution is 5.76. The Labute approximate surface area is 65.9 Å². The van der Waals surface area contributed by atoms with Crippen LogP contribution in [0.5, 0.6) is 0 Å². The summed E-state index contributed by atoms with van der Waals surface area (Å²) in [4.78, 5) is 21.0. The molecule has 0 radical (unpaired) electrons. The van der Waals surface area contributed by atoms with E-state index >= 15 is 0 Å². The zero-order chi connectivity index (χ0) is 8.85. The summed E-state index contributed by atoms with van der Waals surface area (Å²) in [5.41, 5.74) is 0. The van der Waals surface area contributed by atoms with Crippen molar-refractivity contribution in [2.75, 3.05) is 6.61 Å². The first-order valence-electron chi connectivity index (χ1n) is 3.62. The van der Waals surface area contributed by atoms with Crippen molar-refractivity contribution in [2.45, 2.75) is 26.8 Å². The zero-order valence-corrected chi connectivity index (χ0v) is 7.03. The van der Waals surface area contributed by atoms with Crippen LogP contribution in [0.25, 0.3) is 0 Å². The van der Waals surface area contributed by atoms with Gasteiger partial charge in [-0.2, -0.15) is 0 Å². The predicted octanol–water partition coefficient (Wildman–Crippen LogP) is 1.34. The summed E-state index contributed by atoms with van der Waals surface area (Å²) in [7, 11) is 0. The number of carbonyl (C=O) groups is 1. The minimum atomic E-state index is -0.852. The third kappa shape index (κ3) is 3.11. The molecule has 0 rings (SSSR count). The second kappa shape index (κ2) is 4.82. The molecule has 11 heavy (non-hydrogen) atoms. The van der Waals surface area contributed by atoms with Crippen molar-refractivity contribution in [1.82, 2.24) is 0 Å². The van der Waals surface area contributed by atoms with Gasteiger partial charge in [-0.3, -0.25) is 0 Å². The first-order chi connectivity index (χ1) is 5.13. The highest BCUT2D eigenvalue weighted by Crippen LogP contribution is 2.07. The molecule has 0 fully saturated rings. The molecule has 1 atom stereocenters. The van der Waals surface area contributed by atoms with E-state index in [2.05, 4.69) is 9.91 Å². The molecule has 0 aliphatic rings. The Morgan fingerprint density at radius 3 is 2.36 bits per heavy atom. The Hall–Kier alpha value is -0.930. The maximum atomic E-state index is 10.9. The van der Waals surface area contributed by atoms with Crippen LogP contribution in [-0.2, 0) is 9.53 Å². The molecule has 4 nitrogen and oxygen atoms in total. The van der Waals surface area contributed by atoms with E-state index in [1.807, 2.05) is 0 Å². The summed E-state index contributed by atoms with van der Waals surface area (Å²) < 4.78 is 4.62. The van der Waals surface area contributed by atoms with Crippen LogP contribution in [-0.4, -0.2) is 18.6 Å². The Morgan fingerprint density at radius 2 is 2.09 bits per heavy atom. The molecule has 0 saturated carbocycles. The smallest absolute Gasteiger partial charge is 0.334 e. The fourth-order valence-electron chi connectivity index (χ4n) is 0.665. The summed E-state index contributed by atoms with van der Waals surface area (Å²) in [6.07, 6.45) is 0. The molecule has 0 saturated heterocycles. The molecule has 0 aromatic heterocycles. The van der Waals surface area contributed by atoms with Gasteiger partial charge in [0.25, 0.3) is 0 Å². The van der Waals surface area contributed by atoms with Gasteiger partial charge >= 0.3 is 5.97 Å². The van der Waals surface area contributed by atoms with Crippen LogP contribution in [0.15, 0.2) is 5.18 Å². The normalized spacial score (nSPS) is 12.7. The molecule has 4 heteroatoms. The monoisotopic (exact) mass is 159 g/mol. The standard InChI is InChI=1S/C7H13NO3/c1-4-11-7(9)6(8-10)5(2)3/h5-6H,4H2,1-3H3. The van der Waals surface area contributed by atoms with E-state index in [1.165, 1.54) is 0 Å². The average Bonchev–Trinajstić information content (AvgIpc) is 1.88. The van der Waals surface area contributed by atoms with Gasteiger partial charge in [-0.25, -0.2) is 4.79 Å². The van der Waals surface area contributed by atoms with Gasteiger partial charge in [-0.1, -0.05) is 19.0 Å². The van der Waals surface area contributed by atoms with Gasteiger partial charge in [0.2, 0.25) is 0 Å². The molecule has 0 aliphatic carbocycles. The van der Waals surface area contributed by atoms with Crippen LogP contribution in [0.2, 0.25) is 0 Å². The summed E-state index contributed by atoms with van der Waals surface area (Å²) in [6, 6.07) is -0.852. The Bertz CT molecular complexity index is 145. The summed E-state index contributed by atoms with van der Waals surface area (Å²) >= 11 is 0. The number of esters is 1. The number of hydrogen-bond acceptors (Lipinski definition) is 4. The molecule has 0 heterocycles. The number of nitroso groups, excluding NO2 is 1. The maximum Gasteiger partial charge on any atom is 0.334 e. The van der Waals surface area contributed by atoms with E-state index in [4.69, 9.17) is 0 Å². The van der Waals surface area contributed by atoms with Crippen molar-refractivity contribution >= 4 is 5.97 Å². The van der Waals surface area contributed by atoms with Gasteiger partial charge in [-0.05, 0) is 12.8 Å². The molecule has 64 valence electrons. The van der Waals surface area contributed by atoms with Crippen LogP contribution >= 0.6 is 0 Å². The number of nitrogens with zero attached hydrogens (tertiary/aromatic N) is 1. The second-order valence-corrected chi connectivity index (χ2v) is 2.55. The SMILES string of the molecule is CCOC(=O)C(N=O)C(C)C. The highest BCUT2D eigenvalue weighted by Gasteiger charge is 2.23. The van der Waals surface area contributed by atoms with Crippen LogP contribution in [0.3, 0.4) is 0 Å². The fourth-order valence-corrected chi connectivity index (χ4v) is 0.665. The van der Waals surface area contributed by atoms with Crippen molar-refractivity contribution in [3.63, 3.8) is 0 Å². The summed E-state index contributed by atoms with van der Waals surface area (Å²) in [5.74, 6) is -0.621. The Balaban J connectivity index is 4.03. The molecule has 0 bridgehead atoms. The van der Waals surface area contributed by atoms with E-state index < -0.39 is 12.0 Å². The quantitative estimate of drug-likeness (QED) is 0.459. The first-order valence-corrected chi connectivity index (χ1v) is 3.62. The molecule has 1 unspecified atom stereocenters. The second-order valence-electron chi connectivity index (χ2n) is 2.55. The lowest BCUT2D eigenvalue weighted by atomic mass is 10.1. The Morgan fingerprint density at radius 1 is 1.55 bits per heavy atom. The molecule has 0 spiro atoms. The van der Waals surface area contributed by atoms with Crippen molar-refractivity contribution < 1.29 is 9.53 Å². The molecular formula is C7H13NO3. The van der Waals surface area contributed by atoms with E-state index in [-0.39, 0.29) is 12.5 Å². The van der Waals surface area contributed by atoms with Crippen molar-refractivity contribution in [1.29, 1.82) is 0 Å². The highest BCUT2D eigenvalue weighted by atomic mass is 16.5. The van der Waals surface area contributed by atoms with E-state index in [9.17, 15) is 9.70 Å². The third-order valence-corrected chi connectivity index (χ3v) is 1.27. The number of ether oxygens (including phenoxy) is 1. The largest absolute Gasteiger partial charge is 0.464 e. The topological polar surface area (TPSA) is 55.7 Å². The van der Waals surface area contributed by atoms with Crippen molar-refractivity contribution in [3.8, 4) is 0 Å². The lowest BCUT2D eigenvalue weighted by molar-refractivity contribution is -0.145. The molecule has 0 amide bonds. The molecule has 0 aromatic rings. The van der Waals surface area contributed by atoms with Crippen molar-refractivity contribution in [3.05, 3.63) is 4.91 Å². The van der Waals surface area contributed by atoms with Crippen LogP contribution in [0.4, 0.5) is 0 Å². The Kier molecular flexibility index (Phi) is 4.41. The van der Waals surface area contributed by atoms with Gasteiger partial charge < -0.3 is 4.74 Å². The number of hydrogen-bond donors (Lipinski definition) is 0. The third-order valence-electron chi connectivity index (χ3n) is 1.27. The first kappa shape index (κ1) is 10.1. The van der Waals surface area contributed by atoms with Crippen molar-refractivity contribution in [2.24, 2.45) is 11.1 Å². The maximum absolute atomic E-state index is 10.9. The number of rotatable bonds is 4. The predicted molar refractivity (Wildman–Crippen MR) is 41.1 cm³/mol. The zero-order valence-electron chi connectivity index (χ0n) is 7.03. The van der Waals surface area contributed by atoms with E-state index in [1.54, 1.807) is 20.8 Å². The van der Waals surface area contributed by atoms with Crippen LogP contribution < -0.4 is 0 Å². The summed E-state index contributed by atoms with van der Waals surface area (Å²) in [6.45, 7) is 5.49. The fraction of sp³-hybridized carbons (Fsp3) is 0.857. The molecule has 0 aliphatic heterocycles. The lowest BCUT2D eigenvalue weighted by Crippen LogP contribution is -2.26. The van der Waals surface area contributed by atoms with Gasteiger partial charge in [-0.15, -0.1) is 4.91 Å². The number of carbonyl (C=O) groups excluding carboxylic acids is 1. The van der Waals surface area contributed by atoms with Gasteiger partial charge in [0, 0.05) is 0 Å². The van der Waals surface area contributed by atoms with Gasteiger partial charge in [0.1, 0.15) is 0 Å². The van der Waals surface area contributed by atoms with Gasteiger partial charge in [0.15, 0.2) is 6.04 Å². The lowest BCUT2D eigenvalue weighted by Gasteiger charge is -2.10. The van der Waals surface area contributed by atoms with Crippen LogP contribution in [0, 0.1) is 10.8 Å².